The Balaban J connectivity index is 1.82. The summed E-state index contributed by atoms with van der Waals surface area (Å²) in [5.41, 5.74) is 8.67. The molecule has 1 N–H and O–H groups in total. The predicted octanol–water partition coefficient (Wildman–Crippen LogP) is 4.54. The van der Waals surface area contributed by atoms with Crippen LogP contribution >= 0.6 is 0 Å². The quantitative estimate of drug-likeness (QED) is 0.750. The summed E-state index contributed by atoms with van der Waals surface area (Å²) in [6.07, 6.45) is 2.21. The lowest BCUT2D eigenvalue weighted by Crippen LogP contribution is -2.33. The molecule has 1 aromatic heterocycles. The van der Waals surface area contributed by atoms with Crippen LogP contribution in [0.4, 0.5) is 0 Å². The van der Waals surface area contributed by atoms with Crippen LogP contribution in [0.1, 0.15) is 34.9 Å². The number of benzene rings is 2. The lowest BCUT2D eigenvalue weighted by Gasteiger charge is -2.23. The molecule has 1 atom stereocenters. The van der Waals surface area contributed by atoms with E-state index in [1.54, 1.807) is 5.69 Å². The van der Waals surface area contributed by atoms with Gasteiger partial charge < -0.3 is 9.88 Å². The first-order chi connectivity index (χ1) is 11.6. The average molecular weight is 318 g/mol. The molecule has 4 rings (SSSR count). The number of rotatable bonds is 3. The second-order valence-electron chi connectivity index (χ2n) is 7.27. The Bertz CT molecular complexity index is 874. The number of nitrogens with zero attached hydrogens (tertiary/aromatic N) is 1. The normalized spacial score (nSPS) is 17.2. The molecule has 1 unspecified atom stereocenters. The second kappa shape index (κ2) is 6.10. The maximum Gasteiger partial charge on any atom is 0.0491 e. The van der Waals surface area contributed by atoms with Gasteiger partial charge in [-0.1, -0.05) is 36.4 Å². The zero-order valence-corrected chi connectivity index (χ0v) is 14.9. The zero-order valence-electron chi connectivity index (χ0n) is 14.9. The summed E-state index contributed by atoms with van der Waals surface area (Å²) >= 11 is 0. The Hall–Kier alpha value is -2.06. The van der Waals surface area contributed by atoms with Gasteiger partial charge in [-0.05, 0) is 55.5 Å². The van der Waals surface area contributed by atoms with Gasteiger partial charge >= 0.3 is 0 Å². The van der Waals surface area contributed by atoms with Gasteiger partial charge in [0.05, 0.1) is 0 Å². The van der Waals surface area contributed by atoms with E-state index >= 15 is 0 Å². The van der Waals surface area contributed by atoms with E-state index in [0.29, 0.717) is 6.04 Å². The Morgan fingerprint density at radius 3 is 2.71 bits per heavy atom. The Labute approximate surface area is 144 Å². The highest BCUT2D eigenvalue weighted by Gasteiger charge is 2.24. The number of aromatic nitrogens is 1. The maximum atomic E-state index is 3.65. The minimum absolute atomic E-state index is 0.554. The Morgan fingerprint density at radius 2 is 1.92 bits per heavy atom. The number of hydrogen-bond donors (Lipinski definition) is 1. The molecule has 0 amide bonds. The van der Waals surface area contributed by atoms with E-state index in [0.717, 1.165) is 25.9 Å². The summed E-state index contributed by atoms with van der Waals surface area (Å²) in [7, 11) is 0. The Morgan fingerprint density at radius 1 is 1.12 bits per heavy atom. The fourth-order valence-corrected chi connectivity index (χ4v) is 4.21. The molecule has 2 heterocycles. The van der Waals surface area contributed by atoms with Crippen molar-refractivity contribution in [3.8, 4) is 0 Å². The molecular formula is C22H26N2. The molecular weight excluding hydrogens is 292 g/mol. The van der Waals surface area contributed by atoms with Crippen molar-refractivity contribution in [2.24, 2.45) is 0 Å². The summed E-state index contributed by atoms with van der Waals surface area (Å²) in [5, 5.41) is 5.12. The summed E-state index contributed by atoms with van der Waals surface area (Å²) in [6, 6.07) is 16.1. The van der Waals surface area contributed by atoms with Crippen LogP contribution in [0.15, 0.2) is 42.5 Å². The van der Waals surface area contributed by atoms with Crippen molar-refractivity contribution in [3.63, 3.8) is 0 Å². The number of nitrogens with one attached hydrogen (secondary N) is 1. The largest absolute Gasteiger partial charge is 0.344 e. The molecule has 124 valence electrons. The van der Waals surface area contributed by atoms with E-state index in [4.69, 9.17) is 0 Å². The standard InChI is InChI=1S/C22H26N2/c1-15-11-16(2)22-19-14-23-17(3)13-20(19)24(21(22)12-15)10-9-18-7-5-4-6-8-18/h4-8,11-12,17,23H,9-10,13-14H2,1-3H3. The van der Waals surface area contributed by atoms with E-state index in [9.17, 15) is 0 Å². The highest BCUT2D eigenvalue weighted by molar-refractivity contribution is 5.89. The summed E-state index contributed by atoms with van der Waals surface area (Å²) in [6.45, 7) is 8.82. The molecule has 2 aromatic carbocycles. The van der Waals surface area contributed by atoms with Gasteiger partial charge in [-0.2, -0.15) is 0 Å². The van der Waals surface area contributed by atoms with Gasteiger partial charge in [0.1, 0.15) is 0 Å². The molecule has 1 aliphatic rings. The van der Waals surface area contributed by atoms with E-state index in [-0.39, 0.29) is 0 Å². The van der Waals surface area contributed by atoms with Gasteiger partial charge in [0.25, 0.3) is 0 Å². The van der Waals surface area contributed by atoms with Crippen LogP contribution in [-0.4, -0.2) is 10.6 Å². The minimum atomic E-state index is 0.554. The summed E-state index contributed by atoms with van der Waals surface area (Å²) in [5.74, 6) is 0. The van der Waals surface area contributed by atoms with Crippen molar-refractivity contribution in [3.05, 3.63) is 70.4 Å². The van der Waals surface area contributed by atoms with Crippen molar-refractivity contribution >= 4 is 10.9 Å². The first kappa shape index (κ1) is 15.5. The molecule has 0 radical (unpaired) electrons. The molecule has 1 aliphatic heterocycles. The molecule has 2 nitrogen and oxygen atoms in total. The third-order valence-electron chi connectivity index (χ3n) is 5.32. The van der Waals surface area contributed by atoms with Crippen LogP contribution in [-0.2, 0) is 25.9 Å². The number of fused-ring (bicyclic) bond motifs is 3. The van der Waals surface area contributed by atoms with Crippen molar-refractivity contribution in [2.75, 3.05) is 0 Å². The van der Waals surface area contributed by atoms with Crippen LogP contribution in [0.3, 0.4) is 0 Å². The van der Waals surface area contributed by atoms with Crippen molar-refractivity contribution in [1.29, 1.82) is 0 Å². The van der Waals surface area contributed by atoms with Gasteiger partial charge in [0.15, 0.2) is 0 Å². The average Bonchev–Trinajstić information content (AvgIpc) is 2.86. The predicted molar refractivity (Wildman–Crippen MR) is 102 cm³/mol. The van der Waals surface area contributed by atoms with E-state index < -0.39 is 0 Å². The van der Waals surface area contributed by atoms with E-state index in [1.807, 2.05) is 0 Å². The maximum absolute atomic E-state index is 3.65. The van der Waals surface area contributed by atoms with Crippen LogP contribution < -0.4 is 5.32 Å². The van der Waals surface area contributed by atoms with Crippen LogP contribution in [0.25, 0.3) is 10.9 Å². The molecule has 0 spiro atoms. The van der Waals surface area contributed by atoms with E-state index in [1.165, 1.54) is 33.2 Å². The monoisotopic (exact) mass is 318 g/mol. The van der Waals surface area contributed by atoms with Gasteiger partial charge in [0.2, 0.25) is 0 Å². The molecule has 2 heteroatoms. The molecule has 0 saturated heterocycles. The third kappa shape index (κ3) is 2.65. The van der Waals surface area contributed by atoms with Crippen molar-refractivity contribution in [1.82, 2.24) is 9.88 Å². The van der Waals surface area contributed by atoms with Gasteiger partial charge in [-0.15, -0.1) is 0 Å². The molecule has 0 fully saturated rings. The lowest BCUT2D eigenvalue weighted by atomic mass is 9.98. The first-order valence-electron chi connectivity index (χ1n) is 9.02. The van der Waals surface area contributed by atoms with Crippen molar-refractivity contribution in [2.45, 2.75) is 52.7 Å². The summed E-state index contributed by atoms with van der Waals surface area (Å²) in [4.78, 5) is 0. The molecule has 0 bridgehead atoms. The van der Waals surface area contributed by atoms with Gasteiger partial charge in [0, 0.05) is 42.1 Å². The van der Waals surface area contributed by atoms with Crippen molar-refractivity contribution < 1.29 is 0 Å². The smallest absolute Gasteiger partial charge is 0.0491 e. The fraction of sp³-hybridized carbons (Fsp3) is 0.364. The second-order valence-corrected chi connectivity index (χ2v) is 7.27. The SMILES string of the molecule is Cc1cc(C)c2c3c(n(CCc4ccccc4)c2c1)CC(C)NC3. The molecule has 0 saturated carbocycles. The molecule has 24 heavy (non-hydrogen) atoms. The van der Waals surface area contributed by atoms with Crippen LogP contribution in [0.2, 0.25) is 0 Å². The molecule has 3 aromatic rings. The minimum Gasteiger partial charge on any atom is -0.344 e. The molecule has 0 aliphatic carbocycles. The van der Waals surface area contributed by atoms with Crippen LogP contribution in [0, 0.1) is 13.8 Å². The Kier molecular flexibility index (Phi) is 3.93. The fourth-order valence-electron chi connectivity index (χ4n) is 4.21. The number of aryl methyl sites for hydroxylation is 4. The summed E-state index contributed by atoms with van der Waals surface area (Å²) < 4.78 is 2.59. The zero-order chi connectivity index (χ0) is 16.7. The first-order valence-corrected chi connectivity index (χ1v) is 9.02. The third-order valence-corrected chi connectivity index (χ3v) is 5.32. The van der Waals surface area contributed by atoms with Gasteiger partial charge in [-0.25, -0.2) is 0 Å². The highest BCUT2D eigenvalue weighted by atomic mass is 15.0. The topological polar surface area (TPSA) is 17.0 Å². The van der Waals surface area contributed by atoms with Gasteiger partial charge in [-0.3, -0.25) is 0 Å². The highest BCUT2D eigenvalue weighted by Crippen LogP contribution is 2.33. The lowest BCUT2D eigenvalue weighted by molar-refractivity contribution is 0.492. The van der Waals surface area contributed by atoms with Crippen LogP contribution in [0.5, 0.6) is 0 Å². The number of hydrogen-bond acceptors (Lipinski definition) is 1. The van der Waals surface area contributed by atoms with E-state index in [2.05, 4.69) is 73.1 Å².